The average Bonchev–Trinajstić information content (AvgIpc) is 1.57. The van der Waals surface area contributed by atoms with Crippen molar-refractivity contribution in [3.05, 3.63) is 528 Å². The molecule has 24 aromatic carbocycles. The monoisotopic (exact) mass is 1880 g/mol. The zero-order valence-electron chi connectivity index (χ0n) is 79.5. The highest BCUT2D eigenvalue weighted by molar-refractivity contribution is 6.28. The third-order valence-electron chi connectivity index (χ3n) is 29.0. The van der Waals surface area contributed by atoms with Gasteiger partial charge in [-0.3, -0.25) is 0 Å². The lowest BCUT2D eigenvalue weighted by Gasteiger charge is -2.27. The average molecular weight is 1880 g/mol. The summed E-state index contributed by atoms with van der Waals surface area (Å²) >= 11 is 0. The molecule has 0 aliphatic carbocycles. The van der Waals surface area contributed by atoms with Crippen LogP contribution in [0.5, 0.6) is 0 Å². The van der Waals surface area contributed by atoms with Crippen molar-refractivity contribution in [2.75, 3.05) is 14.7 Å². The Hall–Kier alpha value is -19.7. The predicted octanol–water partition coefficient (Wildman–Crippen LogP) is 40.3. The van der Waals surface area contributed by atoms with Gasteiger partial charge in [-0.15, -0.1) is 0 Å². The number of hydrogen-bond donors (Lipinski definition) is 0. The Labute approximate surface area is 845 Å². The first kappa shape index (κ1) is 85.3. The van der Waals surface area contributed by atoms with Crippen LogP contribution >= 0.6 is 0 Å². The second-order valence-corrected chi connectivity index (χ2v) is 37.5. The normalized spacial score (nSPS) is 11.7. The minimum absolute atomic E-state index is 0.780. The molecule has 0 unspecified atom stereocenters. The fraction of sp³-hybridized carbons (Fsp3) is 0. The lowest BCUT2D eigenvalue weighted by atomic mass is 9.92. The highest BCUT2D eigenvalue weighted by atomic mass is 16.4. The van der Waals surface area contributed by atoms with Gasteiger partial charge in [0.15, 0.2) is 33.5 Å². The van der Waals surface area contributed by atoms with Crippen LogP contribution in [0.1, 0.15) is 0 Å². The second kappa shape index (κ2) is 35.8. The van der Waals surface area contributed by atoms with E-state index in [-0.39, 0.29) is 0 Å². The molecule has 0 fully saturated rings. The molecular weight excluding hydrogens is 1800 g/mol. The van der Waals surface area contributed by atoms with Crippen molar-refractivity contribution >= 4 is 215 Å². The van der Waals surface area contributed by atoms with Gasteiger partial charge in [0.05, 0.1) is 11.4 Å². The Kier molecular flexibility index (Phi) is 20.8. The topological polar surface area (TPSA) is 88.6 Å². The van der Waals surface area contributed by atoms with Crippen molar-refractivity contribution in [3.8, 4) is 66.8 Å². The van der Waals surface area contributed by atoms with Crippen LogP contribution in [0.4, 0.5) is 51.2 Å². The van der Waals surface area contributed by atoms with Gasteiger partial charge in [0.25, 0.3) is 0 Å². The molecule has 30 aromatic rings. The Morgan fingerprint density at radius 3 is 0.816 bits per heavy atom. The van der Waals surface area contributed by atoms with E-state index in [2.05, 4.69) is 470 Å². The fourth-order valence-electron chi connectivity index (χ4n) is 22.1. The first-order valence-corrected chi connectivity index (χ1v) is 49.8. The third kappa shape index (κ3) is 14.9. The second-order valence-electron chi connectivity index (χ2n) is 37.5. The van der Waals surface area contributed by atoms with Gasteiger partial charge in [-0.1, -0.05) is 370 Å². The summed E-state index contributed by atoms with van der Waals surface area (Å²) in [5.41, 5.74) is 33.6. The molecule has 6 aromatic heterocycles. The van der Waals surface area contributed by atoms with Crippen molar-refractivity contribution in [2.45, 2.75) is 0 Å². The molecule has 690 valence electrons. The lowest BCUT2D eigenvalue weighted by molar-refractivity contribution is 0.633. The number of hydrogen-bond acceptors (Lipinski definition) is 9. The summed E-state index contributed by atoms with van der Waals surface area (Å²) in [5.74, 6) is 0. The SMILES string of the molecule is c1ccc(-c2ccc(N(c3ccc(-c4ccccc4)cc3)c3ccc(-c4cc5c6ccccc6oc5c5oc6ccccc6c45)cc3)cc2)cc1.c1ccc(N(c2ccccc2)c2ccc(-c3cc4c5ccccc5oc4c4oc5ccccc5c34)c3ccccc23)cc1.c1ccc2cc(-c3ccc(N(c4ccc(-c5cc6c7ccccc7oc6c6oc7ccccc7c56)cc4)c4cccc5ccccc45)cc3)ccc2c1. The van der Waals surface area contributed by atoms with Gasteiger partial charge in [-0.25, -0.2) is 0 Å². The van der Waals surface area contributed by atoms with Gasteiger partial charge in [0.2, 0.25) is 0 Å². The van der Waals surface area contributed by atoms with E-state index in [4.69, 9.17) is 26.5 Å². The van der Waals surface area contributed by atoms with Crippen LogP contribution in [0.25, 0.3) is 231 Å². The maximum atomic E-state index is 6.55. The first-order valence-electron chi connectivity index (χ1n) is 49.8. The van der Waals surface area contributed by atoms with Crippen LogP contribution in [-0.4, -0.2) is 0 Å². The van der Waals surface area contributed by atoms with Crippen LogP contribution < -0.4 is 14.7 Å². The molecule has 0 saturated carbocycles. The van der Waals surface area contributed by atoms with Gasteiger partial charge in [0.1, 0.15) is 33.5 Å². The summed E-state index contributed by atoms with van der Waals surface area (Å²) in [7, 11) is 0. The number of fused-ring (bicyclic) bond motifs is 24. The van der Waals surface area contributed by atoms with Gasteiger partial charge >= 0.3 is 0 Å². The molecule has 147 heavy (non-hydrogen) atoms. The van der Waals surface area contributed by atoms with E-state index in [1.165, 1.54) is 65.7 Å². The highest BCUT2D eigenvalue weighted by Crippen LogP contribution is 2.53. The molecule has 0 N–H and O–H groups in total. The number of anilines is 9. The van der Waals surface area contributed by atoms with Crippen molar-refractivity contribution in [2.24, 2.45) is 0 Å². The molecule has 30 rings (SSSR count). The van der Waals surface area contributed by atoms with Crippen LogP contribution in [0.15, 0.2) is 554 Å². The van der Waals surface area contributed by atoms with Crippen LogP contribution in [0, 0.1) is 0 Å². The maximum Gasteiger partial charge on any atom is 0.179 e. The summed E-state index contributed by atoms with van der Waals surface area (Å²) in [5, 5.41) is 20.1. The molecule has 0 amide bonds. The van der Waals surface area contributed by atoms with E-state index < -0.39 is 0 Å². The zero-order chi connectivity index (χ0) is 96.9. The molecule has 0 spiro atoms. The molecule has 9 heteroatoms. The van der Waals surface area contributed by atoms with E-state index in [0.717, 1.165) is 216 Å². The van der Waals surface area contributed by atoms with Crippen molar-refractivity contribution in [1.82, 2.24) is 0 Å². The molecule has 9 nitrogen and oxygen atoms in total. The van der Waals surface area contributed by atoms with Gasteiger partial charge in [-0.2, -0.15) is 0 Å². The van der Waals surface area contributed by atoms with Crippen LogP contribution in [-0.2, 0) is 0 Å². The van der Waals surface area contributed by atoms with E-state index >= 15 is 0 Å². The molecule has 0 bridgehead atoms. The number of benzene rings is 24. The van der Waals surface area contributed by atoms with E-state index in [9.17, 15) is 0 Å². The largest absolute Gasteiger partial charge is 0.452 e. The van der Waals surface area contributed by atoms with Crippen molar-refractivity contribution in [3.63, 3.8) is 0 Å². The van der Waals surface area contributed by atoms with E-state index in [1.54, 1.807) is 0 Å². The minimum Gasteiger partial charge on any atom is -0.452 e. The fourth-order valence-corrected chi connectivity index (χ4v) is 22.1. The smallest absolute Gasteiger partial charge is 0.179 e. The maximum absolute atomic E-state index is 6.55. The number of para-hydroxylation sites is 8. The summed E-state index contributed by atoms with van der Waals surface area (Å²) in [6, 6.07) is 186. The molecule has 0 atom stereocenters. The molecular formula is C138H87N3O6. The Morgan fingerprint density at radius 1 is 0.122 bits per heavy atom. The van der Waals surface area contributed by atoms with E-state index in [1.807, 2.05) is 72.8 Å². The number of nitrogens with zero attached hydrogens (tertiary/aromatic N) is 3. The summed E-state index contributed by atoms with van der Waals surface area (Å²) in [4.78, 5) is 7.02. The van der Waals surface area contributed by atoms with Crippen LogP contribution in [0.3, 0.4) is 0 Å². The predicted molar refractivity (Wildman–Crippen MR) is 612 cm³/mol. The first-order chi connectivity index (χ1) is 72.9. The Bertz CT molecular complexity index is 10200. The van der Waals surface area contributed by atoms with Crippen molar-refractivity contribution < 1.29 is 26.5 Å². The van der Waals surface area contributed by atoms with Gasteiger partial charge in [-0.05, 0) is 246 Å². The zero-order valence-corrected chi connectivity index (χ0v) is 79.5. The molecule has 0 aliphatic heterocycles. The van der Waals surface area contributed by atoms with Crippen molar-refractivity contribution in [1.29, 1.82) is 0 Å². The Morgan fingerprint density at radius 2 is 0.395 bits per heavy atom. The van der Waals surface area contributed by atoms with Crippen LogP contribution in [0.2, 0.25) is 0 Å². The molecule has 0 radical (unpaired) electrons. The molecule has 0 saturated heterocycles. The lowest BCUT2D eigenvalue weighted by Crippen LogP contribution is -2.10. The molecule has 0 aliphatic rings. The highest BCUT2D eigenvalue weighted by Gasteiger charge is 2.29. The quantitative estimate of drug-likeness (QED) is 0.0996. The van der Waals surface area contributed by atoms with E-state index in [0.29, 0.717) is 0 Å². The summed E-state index contributed by atoms with van der Waals surface area (Å²) in [6.45, 7) is 0. The number of furan rings is 6. The minimum atomic E-state index is 0.780. The standard InChI is InChI=1S/C50H31NO2.C48H31NO2.C40H25NO2/c1-2-12-36-30-37(21-20-32(36)10-1)33-22-26-38(27-23-33)51(45-17-9-13-34-11-3-4-14-40(34)45)39-28-24-35(25-29-39)43-31-44-41-15-5-7-18-46(41)52-49(44)50-48(43)42-16-6-8-19-47(42)53-50;1-3-11-32(12-4-1)34-19-25-37(26-20-34)49(38-27-21-35(22-28-38)33-13-5-2-6-14-33)39-29-23-36(24-30-39)42-31-43-40-15-7-9-17-44(40)50-47(43)48-46(42)41-16-8-10-18-45(41)51-48;1-3-13-26(14-4-1)41(27-15-5-2-6-16-27)35-24-23-29(28-17-7-8-18-30(28)35)33-25-34-31-19-9-11-21-36(31)42-39(34)40-38(33)32-20-10-12-22-37(32)43-40/h1-31H;1-31H;1-25H. The Balaban J connectivity index is 0.000000107. The van der Waals surface area contributed by atoms with Gasteiger partial charge < -0.3 is 41.2 Å². The number of rotatable bonds is 15. The molecule has 6 heterocycles. The summed E-state index contributed by atoms with van der Waals surface area (Å²) < 4.78 is 38.9. The summed E-state index contributed by atoms with van der Waals surface area (Å²) in [6.07, 6.45) is 0. The van der Waals surface area contributed by atoms with Gasteiger partial charge in [0, 0.05) is 115 Å². The third-order valence-corrected chi connectivity index (χ3v) is 29.0.